The Morgan fingerprint density at radius 2 is 1.95 bits per heavy atom. The molecule has 1 N–H and O–H groups in total. The van der Waals surface area contributed by atoms with Crippen molar-refractivity contribution in [1.82, 2.24) is 20.2 Å². The first-order chi connectivity index (χ1) is 9.81. The molecule has 6 heteroatoms. The van der Waals surface area contributed by atoms with Crippen LogP contribution in [0.15, 0.2) is 53.8 Å². The zero-order valence-corrected chi connectivity index (χ0v) is 12.0. The van der Waals surface area contributed by atoms with Crippen molar-refractivity contribution in [3.63, 3.8) is 0 Å². The molecule has 0 bridgehead atoms. The van der Waals surface area contributed by atoms with Crippen LogP contribution in [0.2, 0.25) is 5.02 Å². The van der Waals surface area contributed by atoms with E-state index < -0.39 is 0 Å². The summed E-state index contributed by atoms with van der Waals surface area (Å²) in [5, 5.41) is 8.54. The average molecular weight is 303 g/mol. The van der Waals surface area contributed by atoms with E-state index in [1.807, 2.05) is 42.5 Å². The van der Waals surface area contributed by atoms with Crippen LogP contribution in [0.1, 0.15) is 5.69 Å². The molecule has 3 aromatic rings. The van der Waals surface area contributed by atoms with Crippen LogP contribution in [0.25, 0.3) is 11.4 Å². The first-order valence-electron chi connectivity index (χ1n) is 6.02. The summed E-state index contributed by atoms with van der Waals surface area (Å²) < 4.78 is 0. The summed E-state index contributed by atoms with van der Waals surface area (Å²) in [4.78, 5) is 8.72. The molecule has 0 saturated heterocycles. The molecule has 3 rings (SSSR count). The lowest BCUT2D eigenvalue weighted by atomic mass is 10.2. The van der Waals surface area contributed by atoms with E-state index in [2.05, 4.69) is 20.2 Å². The first-order valence-corrected chi connectivity index (χ1v) is 7.39. The summed E-state index contributed by atoms with van der Waals surface area (Å²) in [5.41, 5.74) is 1.97. The fourth-order valence-electron chi connectivity index (χ4n) is 1.67. The van der Waals surface area contributed by atoms with Gasteiger partial charge in [0.25, 0.3) is 0 Å². The van der Waals surface area contributed by atoms with Crippen molar-refractivity contribution < 1.29 is 0 Å². The first kappa shape index (κ1) is 13.1. The van der Waals surface area contributed by atoms with Gasteiger partial charge in [0.1, 0.15) is 0 Å². The minimum absolute atomic E-state index is 0.706. The number of rotatable bonds is 4. The lowest BCUT2D eigenvalue weighted by Gasteiger charge is -1.96. The molecule has 4 nitrogen and oxygen atoms in total. The van der Waals surface area contributed by atoms with Gasteiger partial charge < -0.3 is 0 Å². The van der Waals surface area contributed by atoms with Gasteiger partial charge in [-0.15, -0.1) is 5.10 Å². The molecule has 2 aromatic heterocycles. The van der Waals surface area contributed by atoms with Gasteiger partial charge in [0.05, 0.1) is 5.69 Å². The predicted octanol–water partition coefficient (Wildman–Crippen LogP) is 3.81. The van der Waals surface area contributed by atoms with Gasteiger partial charge in [0.2, 0.25) is 5.16 Å². The van der Waals surface area contributed by atoms with Crippen molar-refractivity contribution in [3.05, 3.63) is 59.4 Å². The summed E-state index contributed by atoms with van der Waals surface area (Å²) >= 11 is 7.41. The Morgan fingerprint density at radius 1 is 1.10 bits per heavy atom. The third-order valence-electron chi connectivity index (χ3n) is 2.66. The van der Waals surface area contributed by atoms with Crippen LogP contribution < -0.4 is 0 Å². The zero-order valence-electron chi connectivity index (χ0n) is 10.5. The molecule has 0 aliphatic rings. The number of aromatic amines is 1. The lowest BCUT2D eigenvalue weighted by molar-refractivity contribution is 0.971. The second-order valence-electron chi connectivity index (χ2n) is 4.08. The Kier molecular flexibility index (Phi) is 3.99. The van der Waals surface area contributed by atoms with Crippen LogP contribution in [-0.2, 0) is 5.75 Å². The molecule has 2 heterocycles. The van der Waals surface area contributed by atoms with E-state index in [-0.39, 0.29) is 0 Å². The molecule has 0 unspecified atom stereocenters. The van der Waals surface area contributed by atoms with E-state index in [9.17, 15) is 0 Å². The standard InChI is InChI=1S/C14H11ClN4S/c15-11-6-4-10(5-7-11)13-17-14(19-18-13)20-9-12-3-1-2-8-16-12/h1-8H,9H2,(H,17,18,19). The molecule has 1 aromatic carbocycles. The SMILES string of the molecule is Clc1ccc(-c2nc(SCc3ccccn3)n[nH]2)cc1. The van der Waals surface area contributed by atoms with Crippen LogP contribution in [0, 0.1) is 0 Å². The van der Waals surface area contributed by atoms with Crippen molar-refractivity contribution in [2.75, 3.05) is 0 Å². The number of H-pyrrole nitrogens is 1. The van der Waals surface area contributed by atoms with Crippen molar-refractivity contribution in [1.29, 1.82) is 0 Å². The normalized spacial score (nSPS) is 10.7. The summed E-state index contributed by atoms with van der Waals surface area (Å²) in [6.45, 7) is 0. The van der Waals surface area contributed by atoms with Gasteiger partial charge in [-0.1, -0.05) is 29.4 Å². The Labute approximate surface area is 125 Å². The van der Waals surface area contributed by atoms with Crippen molar-refractivity contribution in [3.8, 4) is 11.4 Å². The molecule has 0 amide bonds. The van der Waals surface area contributed by atoms with Gasteiger partial charge >= 0.3 is 0 Å². The van der Waals surface area contributed by atoms with Gasteiger partial charge in [0, 0.05) is 22.5 Å². The predicted molar refractivity (Wildman–Crippen MR) is 80.6 cm³/mol. The van der Waals surface area contributed by atoms with Crippen LogP contribution >= 0.6 is 23.4 Å². The zero-order chi connectivity index (χ0) is 13.8. The third-order valence-corrected chi connectivity index (χ3v) is 3.79. The number of hydrogen-bond donors (Lipinski definition) is 1. The van der Waals surface area contributed by atoms with Gasteiger partial charge in [0.15, 0.2) is 5.82 Å². The topological polar surface area (TPSA) is 54.5 Å². The number of nitrogens with one attached hydrogen (secondary N) is 1. The smallest absolute Gasteiger partial charge is 0.209 e. The van der Waals surface area contributed by atoms with Gasteiger partial charge in [-0.05, 0) is 36.4 Å². The average Bonchev–Trinajstić information content (AvgIpc) is 2.96. The highest BCUT2D eigenvalue weighted by atomic mass is 35.5. The largest absolute Gasteiger partial charge is 0.260 e. The van der Waals surface area contributed by atoms with E-state index in [1.54, 1.807) is 18.0 Å². The maximum atomic E-state index is 5.86. The number of hydrogen-bond acceptors (Lipinski definition) is 4. The molecular weight excluding hydrogens is 292 g/mol. The molecule has 0 aliphatic carbocycles. The Balaban J connectivity index is 1.69. The number of benzene rings is 1. The maximum Gasteiger partial charge on any atom is 0.209 e. The van der Waals surface area contributed by atoms with Gasteiger partial charge in [-0.3, -0.25) is 10.1 Å². The Bertz CT molecular complexity index is 682. The number of nitrogens with zero attached hydrogens (tertiary/aromatic N) is 3. The molecule has 0 radical (unpaired) electrons. The summed E-state index contributed by atoms with van der Waals surface area (Å²) in [6.07, 6.45) is 1.78. The van der Waals surface area contributed by atoms with E-state index in [0.29, 0.717) is 10.2 Å². The van der Waals surface area contributed by atoms with Crippen LogP contribution in [0.3, 0.4) is 0 Å². The Hall–Kier alpha value is -1.85. The molecule has 0 spiro atoms. The van der Waals surface area contributed by atoms with Crippen molar-refractivity contribution in [2.45, 2.75) is 10.9 Å². The third kappa shape index (κ3) is 3.18. The molecule has 0 saturated carbocycles. The van der Waals surface area contributed by atoms with Gasteiger partial charge in [-0.2, -0.15) is 0 Å². The lowest BCUT2D eigenvalue weighted by Crippen LogP contribution is -1.85. The highest BCUT2D eigenvalue weighted by molar-refractivity contribution is 7.98. The van der Waals surface area contributed by atoms with E-state index >= 15 is 0 Å². The molecule has 0 atom stereocenters. The maximum absolute atomic E-state index is 5.86. The minimum Gasteiger partial charge on any atom is -0.260 e. The van der Waals surface area contributed by atoms with Crippen LogP contribution in [-0.4, -0.2) is 20.2 Å². The number of halogens is 1. The fraction of sp³-hybridized carbons (Fsp3) is 0.0714. The highest BCUT2D eigenvalue weighted by Gasteiger charge is 2.06. The van der Waals surface area contributed by atoms with Crippen molar-refractivity contribution in [2.24, 2.45) is 0 Å². The second kappa shape index (κ2) is 6.07. The number of thioether (sulfide) groups is 1. The van der Waals surface area contributed by atoms with Crippen LogP contribution in [0.5, 0.6) is 0 Å². The molecule has 20 heavy (non-hydrogen) atoms. The van der Waals surface area contributed by atoms with Crippen molar-refractivity contribution >= 4 is 23.4 Å². The molecule has 100 valence electrons. The highest BCUT2D eigenvalue weighted by Crippen LogP contribution is 2.22. The molecular formula is C14H11ClN4S. The monoisotopic (exact) mass is 302 g/mol. The fourth-order valence-corrected chi connectivity index (χ4v) is 2.51. The van der Waals surface area contributed by atoms with E-state index in [1.165, 1.54) is 0 Å². The second-order valence-corrected chi connectivity index (χ2v) is 5.46. The van der Waals surface area contributed by atoms with E-state index in [4.69, 9.17) is 11.6 Å². The summed E-state index contributed by atoms with van der Waals surface area (Å²) in [6, 6.07) is 13.4. The quantitative estimate of drug-likeness (QED) is 0.745. The summed E-state index contributed by atoms with van der Waals surface area (Å²) in [7, 11) is 0. The molecule has 0 aliphatic heterocycles. The summed E-state index contributed by atoms with van der Waals surface area (Å²) in [5.74, 6) is 1.49. The number of aromatic nitrogens is 4. The number of pyridine rings is 1. The van der Waals surface area contributed by atoms with Crippen LogP contribution in [0.4, 0.5) is 0 Å². The molecule has 0 fully saturated rings. The van der Waals surface area contributed by atoms with Gasteiger partial charge in [-0.25, -0.2) is 4.98 Å². The van der Waals surface area contributed by atoms with E-state index in [0.717, 1.165) is 22.8 Å². The minimum atomic E-state index is 0.706. The Morgan fingerprint density at radius 3 is 2.70 bits per heavy atom.